The van der Waals surface area contributed by atoms with Gasteiger partial charge in [0.1, 0.15) is 10.7 Å². The molecule has 0 saturated carbocycles. The lowest BCUT2D eigenvalue weighted by molar-refractivity contribution is -0.111. The summed E-state index contributed by atoms with van der Waals surface area (Å²) < 4.78 is 36.7. The number of benzene rings is 3. The van der Waals surface area contributed by atoms with E-state index in [1.54, 1.807) is 6.08 Å². The van der Waals surface area contributed by atoms with Gasteiger partial charge in [0, 0.05) is 6.08 Å². The van der Waals surface area contributed by atoms with E-state index in [2.05, 4.69) is 5.32 Å². The molecule has 3 N–H and O–H groups in total. The smallest absolute Gasteiger partial charge is 0.248 e. The summed E-state index contributed by atoms with van der Waals surface area (Å²) >= 11 is 5.67. The minimum atomic E-state index is -4.25. The van der Waals surface area contributed by atoms with E-state index >= 15 is 0 Å². The molecule has 0 spiro atoms. The van der Waals surface area contributed by atoms with E-state index in [0.717, 1.165) is 22.4 Å². The van der Waals surface area contributed by atoms with Crippen LogP contribution in [0.2, 0.25) is 5.02 Å². The van der Waals surface area contributed by atoms with E-state index in [1.165, 1.54) is 6.08 Å². The van der Waals surface area contributed by atoms with Crippen LogP contribution >= 0.6 is 11.6 Å². The number of rotatable bonds is 4. The van der Waals surface area contributed by atoms with Crippen LogP contribution in [0.5, 0.6) is 0 Å². The van der Waals surface area contributed by atoms with Crippen molar-refractivity contribution in [3.8, 4) is 0 Å². The maximum Gasteiger partial charge on any atom is 0.248 e. The molecule has 0 aliphatic carbocycles. The molecule has 3 aromatic rings. The fourth-order valence-electron chi connectivity index (χ4n) is 2.52. The van der Waals surface area contributed by atoms with Crippen molar-refractivity contribution in [3.63, 3.8) is 0 Å². The van der Waals surface area contributed by atoms with Crippen molar-refractivity contribution in [2.24, 2.45) is 5.14 Å². The Labute approximate surface area is 160 Å². The molecule has 1 amide bonds. The molecule has 5 nitrogen and oxygen atoms in total. The summed E-state index contributed by atoms with van der Waals surface area (Å²) in [5, 5.41) is 9.17. The van der Waals surface area contributed by atoms with Crippen LogP contribution in [0.3, 0.4) is 0 Å². The zero-order chi connectivity index (χ0) is 19.6. The predicted molar refractivity (Wildman–Crippen MR) is 104 cm³/mol. The number of hydrogen-bond donors (Lipinski definition) is 2. The van der Waals surface area contributed by atoms with E-state index < -0.39 is 26.6 Å². The number of halogens is 2. The van der Waals surface area contributed by atoms with Crippen LogP contribution in [-0.4, -0.2) is 14.3 Å². The van der Waals surface area contributed by atoms with Crippen LogP contribution in [0.4, 0.5) is 10.1 Å². The second-order valence-electron chi connectivity index (χ2n) is 5.74. The number of primary sulfonamides is 1. The summed E-state index contributed by atoms with van der Waals surface area (Å²) in [5.41, 5.74) is 0.588. The van der Waals surface area contributed by atoms with E-state index in [4.69, 9.17) is 16.7 Å². The molecule has 27 heavy (non-hydrogen) atoms. The highest BCUT2D eigenvalue weighted by atomic mass is 35.5. The average Bonchev–Trinajstić information content (AvgIpc) is 2.61. The van der Waals surface area contributed by atoms with Gasteiger partial charge in [0.2, 0.25) is 15.9 Å². The Hall–Kier alpha value is -2.74. The molecule has 0 aromatic heterocycles. The lowest BCUT2D eigenvalue weighted by Gasteiger charge is -2.09. The van der Waals surface area contributed by atoms with E-state index in [1.807, 2.05) is 42.5 Å². The van der Waals surface area contributed by atoms with Gasteiger partial charge in [-0.3, -0.25) is 4.79 Å². The maximum atomic E-state index is 13.5. The molecule has 0 fully saturated rings. The standard InChI is InChI=1S/C19H14ClFN2O3S/c20-15-10-17(18(11-16(15)21)27(22,25)26)23-19(24)8-6-12-5-7-13-3-1-2-4-14(13)9-12/h1-11H,(H,23,24)(H2,22,25,26). The third-order valence-corrected chi connectivity index (χ3v) is 5.03. The van der Waals surface area contributed by atoms with E-state index in [9.17, 15) is 17.6 Å². The Morgan fingerprint density at radius 1 is 1.07 bits per heavy atom. The quantitative estimate of drug-likeness (QED) is 0.645. The third kappa shape index (κ3) is 4.51. The average molecular weight is 405 g/mol. The first-order chi connectivity index (χ1) is 12.7. The summed E-state index contributed by atoms with van der Waals surface area (Å²) in [7, 11) is -4.25. The highest BCUT2D eigenvalue weighted by Crippen LogP contribution is 2.27. The summed E-state index contributed by atoms with van der Waals surface area (Å²) in [6.45, 7) is 0. The van der Waals surface area contributed by atoms with Gasteiger partial charge in [-0.05, 0) is 40.6 Å². The third-order valence-electron chi connectivity index (χ3n) is 3.79. The largest absolute Gasteiger partial charge is 0.321 e. The van der Waals surface area contributed by atoms with Gasteiger partial charge in [0.15, 0.2) is 0 Å². The molecule has 0 unspecified atom stereocenters. The Balaban J connectivity index is 1.85. The second-order valence-corrected chi connectivity index (χ2v) is 7.67. The summed E-state index contributed by atoms with van der Waals surface area (Å²) in [4.78, 5) is 11.6. The van der Waals surface area contributed by atoms with Gasteiger partial charge in [-0.2, -0.15) is 0 Å². The summed E-state index contributed by atoms with van der Waals surface area (Å²) in [6, 6.07) is 15.1. The van der Waals surface area contributed by atoms with Crippen molar-refractivity contribution in [2.45, 2.75) is 4.90 Å². The van der Waals surface area contributed by atoms with Crippen molar-refractivity contribution in [2.75, 3.05) is 5.32 Å². The zero-order valence-corrected chi connectivity index (χ0v) is 15.4. The number of sulfonamides is 1. The van der Waals surface area contributed by atoms with Crippen molar-refractivity contribution in [1.82, 2.24) is 0 Å². The monoisotopic (exact) mass is 404 g/mol. The minimum absolute atomic E-state index is 0.197. The van der Waals surface area contributed by atoms with Crippen LogP contribution in [0.1, 0.15) is 5.56 Å². The number of amides is 1. The Kier molecular flexibility index (Phi) is 5.27. The molecular formula is C19H14ClFN2O3S. The molecule has 8 heteroatoms. The number of carbonyl (C=O) groups excluding carboxylic acids is 1. The highest BCUT2D eigenvalue weighted by Gasteiger charge is 2.18. The van der Waals surface area contributed by atoms with Gasteiger partial charge in [-0.25, -0.2) is 17.9 Å². The fourth-order valence-corrected chi connectivity index (χ4v) is 3.37. The van der Waals surface area contributed by atoms with Crippen molar-refractivity contribution >= 4 is 50.1 Å². The number of nitrogens with two attached hydrogens (primary N) is 1. The van der Waals surface area contributed by atoms with Crippen molar-refractivity contribution in [1.29, 1.82) is 0 Å². The number of fused-ring (bicyclic) bond motifs is 1. The van der Waals surface area contributed by atoms with Gasteiger partial charge in [-0.15, -0.1) is 0 Å². The lowest BCUT2D eigenvalue weighted by Crippen LogP contribution is -2.17. The Morgan fingerprint density at radius 2 is 1.78 bits per heavy atom. The topological polar surface area (TPSA) is 89.3 Å². The number of anilines is 1. The SMILES string of the molecule is NS(=O)(=O)c1cc(F)c(Cl)cc1NC(=O)C=Cc1ccc2ccccc2c1. The molecule has 0 aliphatic rings. The van der Waals surface area contributed by atoms with Gasteiger partial charge >= 0.3 is 0 Å². The lowest BCUT2D eigenvalue weighted by atomic mass is 10.1. The van der Waals surface area contributed by atoms with Gasteiger partial charge < -0.3 is 5.32 Å². The normalized spacial score (nSPS) is 11.8. The molecule has 0 saturated heterocycles. The number of carbonyl (C=O) groups is 1. The molecular weight excluding hydrogens is 391 g/mol. The number of nitrogens with one attached hydrogen (secondary N) is 1. The van der Waals surface area contributed by atoms with Gasteiger partial charge in [-0.1, -0.05) is 48.0 Å². The highest BCUT2D eigenvalue weighted by molar-refractivity contribution is 7.89. The van der Waals surface area contributed by atoms with Crippen LogP contribution in [-0.2, 0) is 14.8 Å². The first-order valence-electron chi connectivity index (χ1n) is 7.74. The summed E-state index contributed by atoms with van der Waals surface area (Å²) in [6.07, 6.45) is 2.80. The van der Waals surface area contributed by atoms with Crippen LogP contribution < -0.4 is 10.5 Å². The molecule has 0 bridgehead atoms. The fraction of sp³-hybridized carbons (Fsp3) is 0. The van der Waals surface area contributed by atoms with Crippen LogP contribution in [0.15, 0.2) is 65.6 Å². The first-order valence-corrected chi connectivity index (χ1v) is 9.66. The van der Waals surface area contributed by atoms with E-state index in [0.29, 0.717) is 6.07 Å². The van der Waals surface area contributed by atoms with Gasteiger partial charge in [0.05, 0.1) is 10.7 Å². The second kappa shape index (κ2) is 7.48. The van der Waals surface area contributed by atoms with E-state index in [-0.39, 0.29) is 10.7 Å². The predicted octanol–water partition coefficient (Wildman–Crippen LogP) is 3.93. The molecule has 3 rings (SSSR count). The van der Waals surface area contributed by atoms with Crippen molar-refractivity contribution in [3.05, 3.63) is 77.1 Å². The molecule has 0 aliphatic heterocycles. The van der Waals surface area contributed by atoms with Crippen LogP contribution in [0.25, 0.3) is 16.8 Å². The molecule has 3 aromatic carbocycles. The zero-order valence-electron chi connectivity index (χ0n) is 13.8. The Bertz CT molecular complexity index is 1180. The molecule has 138 valence electrons. The molecule has 0 radical (unpaired) electrons. The molecule has 0 atom stereocenters. The van der Waals surface area contributed by atoms with Gasteiger partial charge in [0.25, 0.3) is 0 Å². The van der Waals surface area contributed by atoms with Crippen molar-refractivity contribution < 1.29 is 17.6 Å². The summed E-state index contributed by atoms with van der Waals surface area (Å²) in [5.74, 6) is -1.57. The number of hydrogen-bond acceptors (Lipinski definition) is 3. The van der Waals surface area contributed by atoms with Crippen LogP contribution in [0, 0.1) is 5.82 Å². The minimum Gasteiger partial charge on any atom is -0.321 e. The maximum absolute atomic E-state index is 13.5. The molecule has 0 heterocycles. The first kappa shape index (κ1) is 19.0. The Morgan fingerprint density at radius 3 is 2.48 bits per heavy atom.